The van der Waals surface area contributed by atoms with E-state index in [0.29, 0.717) is 11.8 Å². The van der Waals surface area contributed by atoms with Gasteiger partial charge in [-0.05, 0) is 26.6 Å². The fourth-order valence-electron chi connectivity index (χ4n) is 3.18. The summed E-state index contributed by atoms with van der Waals surface area (Å²) in [7, 11) is 4.08. The fourth-order valence-corrected chi connectivity index (χ4v) is 3.18. The summed E-state index contributed by atoms with van der Waals surface area (Å²) in [6.45, 7) is 6.26. The Kier molecular flexibility index (Phi) is 3.80. The van der Waals surface area contributed by atoms with Crippen LogP contribution in [-0.2, 0) is 4.79 Å². The van der Waals surface area contributed by atoms with Crippen LogP contribution in [0.3, 0.4) is 0 Å². The van der Waals surface area contributed by atoms with Crippen LogP contribution >= 0.6 is 0 Å². The molecule has 114 valence electrons. The maximum absolute atomic E-state index is 12.5. The van der Waals surface area contributed by atoms with Gasteiger partial charge in [0.1, 0.15) is 0 Å². The molecule has 1 amide bonds. The van der Waals surface area contributed by atoms with Gasteiger partial charge in [-0.15, -0.1) is 0 Å². The molecule has 2 atom stereocenters. The highest BCUT2D eigenvalue weighted by Gasteiger charge is 2.46. The third-order valence-electron chi connectivity index (χ3n) is 4.39. The van der Waals surface area contributed by atoms with E-state index in [9.17, 15) is 4.79 Å². The predicted octanol–water partition coefficient (Wildman–Crippen LogP) is 0.241. The molecule has 1 aromatic rings. The molecule has 0 bridgehead atoms. The van der Waals surface area contributed by atoms with Gasteiger partial charge >= 0.3 is 0 Å². The average Bonchev–Trinajstić information content (AvgIpc) is 2.98. The molecule has 0 unspecified atom stereocenters. The third kappa shape index (κ3) is 2.85. The zero-order valence-corrected chi connectivity index (χ0v) is 13.0. The first-order valence-electron chi connectivity index (χ1n) is 7.51. The summed E-state index contributed by atoms with van der Waals surface area (Å²) < 4.78 is 0. The molecular formula is C15H23N5O. The first-order chi connectivity index (χ1) is 10.0. The van der Waals surface area contributed by atoms with Crippen molar-refractivity contribution >= 4 is 11.9 Å². The van der Waals surface area contributed by atoms with Crippen LogP contribution in [-0.4, -0.2) is 72.5 Å². The molecule has 3 rings (SSSR count). The number of anilines is 1. The van der Waals surface area contributed by atoms with E-state index in [-0.39, 0.29) is 5.92 Å². The van der Waals surface area contributed by atoms with Crippen molar-refractivity contribution in [3.8, 4) is 0 Å². The van der Waals surface area contributed by atoms with Crippen molar-refractivity contribution < 1.29 is 4.79 Å². The number of rotatable bonds is 4. The first-order valence-corrected chi connectivity index (χ1v) is 7.51. The lowest BCUT2D eigenvalue weighted by Crippen LogP contribution is -2.37. The van der Waals surface area contributed by atoms with Crippen LogP contribution in [0.15, 0.2) is 12.4 Å². The van der Waals surface area contributed by atoms with Crippen LogP contribution in [0.4, 0.5) is 5.95 Å². The van der Waals surface area contributed by atoms with Crippen LogP contribution in [0.2, 0.25) is 0 Å². The van der Waals surface area contributed by atoms with Gasteiger partial charge in [0, 0.05) is 51.0 Å². The molecule has 0 aliphatic carbocycles. The second kappa shape index (κ2) is 5.60. The van der Waals surface area contributed by atoms with Crippen LogP contribution in [0, 0.1) is 18.8 Å². The Hall–Kier alpha value is -1.69. The smallest absolute Gasteiger partial charge is 0.227 e. The number of carbonyl (C=O) groups excluding carboxylic acids is 1. The van der Waals surface area contributed by atoms with E-state index in [2.05, 4.69) is 19.8 Å². The van der Waals surface area contributed by atoms with E-state index in [4.69, 9.17) is 0 Å². The van der Waals surface area contributed by atoms with Crippen molar-refractivity contribution in [1.82, 2.24) is 19.8 Å². The number of amides is 1. The summed E-state index contributed by atoms with van der Waals surface area (Å²) >= 11 is 0. The largest absolute Gasteiger partial charge is 0.341 e. The van der Waals surface area contributed by atoms with Gasteiger partial charge in [-0.2, -0.15) is 0 Å². The van der Waals surface area contributed by atoms with Gasteiger partial charge in [0.25, 0.3) is 0 Å². The second-order valence-corrected chi connectivity index (χ2v) is 6.42. The summed E-state index contributed by atoms with van der Waals surface area (Å²) in [5, 5.41) is 0. The molecule has 0 aromatic carbocycles. The van der Waals surface area contributed by atoms with E-state index < -0.39 is 0 Å². The minimum absolute atomic E-state index is 0.122. The van der Waals surface area contributed by atoms with Gasteiger partial charge in [-0.3, -0.25) is 4.79 Å². The molecule has 0 radical (unpaired) electrons. The number of nitrogens with zero attached hydrogens (tertiary/aromatic N) is 5. The van der Waals surface area contributed by atoms with E-state index in [1.165, 1.54) is 0 Å². The maximum Gasteiger partial charge on any atom is 0.227 e. The Bertz CT molecular complexity index is 515. The zero-order valence-electron chi connectivity index (χ0n) is 13.0. The quantitative estimate of drug-likeness (QED) is 0.795. The molecule has 2 aliphatic rings. The summed E-state index contributed by atoms with van der Waals surface area (Å²) in [4.78, 5) is 27.5. The van der Waals surface area contributed by atoms with Crippen LogP contribution in [0.25, 0.3) is 0 Å². The number of likely N-dealkylation sites (tertiary alicyclic amines) is 1. The lowest BCUT2D eigenvalue weighted by Gasteiger charge is -2.23. The SMILES string of the molecule is Cc1cnc(N2C[C@H]3CN(CCN(C)C)C(=O)[C@H]3C2)nc1. The van der Waals surface area contributed by atoms with Crippen molar-refractivity contribution in [2.75, 3.05) is 51.7 Å². The minimum Gasteiger partial charge on any atom is -0.341 e. The fraction of sp³-hybridized carbons (Fsp3) is 0.667. The van der Waals surface area contributed by atoms with Crippen LogP contribution in [0.1, 0.15) is 5.56 Å². The molecule has 0 spiro atoms. The monoisotopic (exact) mass is 289 g/mol. The highest BCUT2D eigenvalue weighted by molar-refractivity contribution is 5.83. The Morgan fingerprint density at radius 1 is 1.24 bits per heavy atom. The lowest BCUT2D eigenvalue weighted by molar-refractivity contribution is -0.130. The number of hydrogen-bond donors (Lipinski definition) is 0. The molecule has 0 saturated carbocycles. The van der Waals surface area contributed by atoms with E-state index in [1.54, 1.807) is 0 Å². The van der Waals surface area contributed by atoms with Crippen molar-refractivity contribution in [3.05, 3.63) is 18.0 Å². The van der Waals surface area contributed by atoms with E-state index in [1.807, 2.05) is 38.3 Å². The van der Waals surface area contributed by atoms with Crippen molar-refractivity contribution in [3.63, 3.8) is 0 Å². The van der Waals surface area contributed by atoms with Crippen molar-refractivity contribution in [1.29, 1.82) is 0 Å². The zero-order chi connectivity index (χ0) is 15.0. The number of likely N-dealkylation sites (N-methyl/N-ethyl adjacent to an activating group) is 1. The van der Waals surface area contributed by atoms with Crippen LogP contribution in [0.5, 0.6) is 0 Å². The molecule has 2 aliphatic heterocycles. The van der Waals surface area contributed by atoms with Gasteiger partial charge in [0.05, 0.1) is 5.92 Å². The number of aryl methyl sites for hydroxylation is 1. The normalized spacial score (nSPS) is 25.0. The predicted molar refractivity (Wildman–Crippen MR) is 81.1 cm³/mol. The van der Waals surface area contributed by atoms with Crippen molar-refractivity contribution in [2.24, 2.45) is 11.8 Å². The number of carbonyl (C=O) groups is 1. The number of fused-ring (bicyclic) bond motifs is 1. The Balaban J connectivity index is 1.62. The van der Waals surface area contributed by atoms with Crippen molar-refractivity contribution in [2.45, 2.75) is 6.92 Å². The summed E-state index contributed by atoms with van der Waals surface area (Å²) in [6, 6.07) is 0. The Morgan fingerprint density at radius 3 is 2.57 bits per heavy atom. The average molecular weight is 289 g/mol. The summed E-state index contributed by atoms with van der Waals surface area (Å²) in [5.41, 5.74) is 1.06. The molecule has 21 heavy (non-hydrogen) atoms. The molecular weight excluding hydrogens is 266 g/mol. The third-order valence-corrected chi connectivity index (χ3v) is 4.39. The molecule has 2 saturated heterocycles. The molecule has 6 heteroatoms. The molecule has 1 aromatic heterocycles. The van der Waals surface area contributed by atoms with Gasteiger partial charge in [-0.1, -0.05) is 0 Å². The van der Waals surface area contributed by atoms with Crippen LogP contribution < -0.4 is 4.90 Å². The summed E-state index contributed by atoms with van der Waals surface area (Å²) in [5.74, 6) is 1.60. The second-order valence-electron chi connectivity index (χ2n) is 6.42. The minimum atomic E-state index is 0.122. The highest BCUT2D eigenvalue weighted by atomic mass is 16.2. The molecule has 6 nitrogen and oxygen atoms in total. The standard InChI is InChI=1S/C15H23N5O/c1-11-6-16-15(17-7-11)20-9-12-8-19(5-4-18(2)3)14(21)13(12)10-20/h6-7,12-13H,4-5,8-10H2,1-3H3/t12-,13+/m1/s1. The topological polar surface area (TPSA) is 52.6 Å². The Labute approximate surface area is 125 Å². The van der Waals surface area contributed by atoms with Gasteiger partial charge in [0.2, 0.25) is 11.9 Å². The number of aromatic nitrogens is 2. The number of hydrogen-bond acceptors (Lipinski definition) is 5. The first kappa shape index (κ1) is 14.3. The molecule has 3 heterocycles. The van der Waals surface area contributed by atoms with Gasteiger partial charge in [0.15, 0.2) is 0 Å². The van der Waals surface area contributed by atoms with Gasteiger partial charge < -0.3 is 14.7 Å². The maximum atomic E-state index is 12.5. The Morgan fingerprint density at radius 2 is 1.95 bits per heavy atom. The lowest BCUT2D eigenvalue weighted by atomic mass is 10.0. The molecule has 0 N–H and O–H groups in total. The summed E-state index contributed by atoms with van der Waals surface area (Å²) in [6.07, 6.45) is 3.67. The highest BCUT2D eigenvalue weighted by Crippen LogP contribution is 2.33. The van der Waals surface area contributed by atoms with E-state index >= 15 is 0 Å². The van der Waals surface area contributed by atoms with E-state index in [0.717, 1.165) is 44.2 Å². The van der Waals surface area contributed by atoms with Gasteiger partial charge in [-0.25, -0.2) is 9.97 Å². The molecule has 2 fully saturated rings.